The molecule has 1 aromatic heterocycles. The highest BCUT2D eigenvalue weighted by Gasteiger charge is 2.30. The van der Waals surface area contributed by atoms with E-state index in [1.807, 2.05) is 0 Å². The summed E-state index contributed by atoms with van der Waals surface area (Å²) in [5.74, 6) is 0.702. The number of aromatic nitrogens is 1. The van der Waals surface area contributed by atoms with Crippen LogP contribution in [-0.2, 0) is 6.54 Å². The van der Waals surface area contributed by atoms with Gasteiger partial charge in [-0.05, 0) is 25.7 Å². The Morgan fingerprint density at radius 1 is 1.41 bits per heavy atom. The zero-order chi connectivity index (χ0) is 12.4. The molecule has 0 saturated heterocycles. The summed E-state index contributed by atoms with van der Waals surface area (Å²) in [6, 6.07) is 0.596. The van der Waals surface area contributed by atoms with Crippen LogP contribution in [0.15, 0.2) is 0 Å². The Kier molecular flexibility index (Phi) is 4.05. The predicted octanol–water partition coefficient (Wildman–Crippen LogP) is 3.10. The normalized spacial score (nSPS) is 15.6. The minimum absolute atomic E-state index is 0.596. The van der Waals surface area contributed by atoms with Crippen LogP contribution in [0, 0.1) is 0 Å². The molecule has 0 unspecified atom stereocenters. The monoisotopic (exact) mass is 253 g/mol. The molecular weight excluding hydrogens is 230 g/mol. The number of hydrogen-bond acceptors (Lipinski definition) is 4. The van der Waals surface area contributed by atoms with Crippen LogP contribution < -0.4 is 10.6 Å². The fraction of sp³-hybridized carbons (Fsp3) is 0.769. The van der Waals surface area contributed by atoms with E-state index >= 15 is 0 Å². The smallest absolute Gasteiger partial charge is 0.185 e. The molecule has 0 bridgehead atoms. The number of hydrogen-bond donors (Lipinski definition) is 1. The average molecular weight is 253 g/mol. The van der Waals surface area contributed by atoms with Gasteiger partial charge in [0.25, 0.3) is 0 Å². The van der Waals surface area contributed by atoms with Crippen LogP contribution in [0.25, 0.3) is 0 Å². The van der Waals surface area contributed by atoms with Crippen molar-refractivity contribution in [2.45, 2.75) is 58.0 Å². The standard InChI is InChI=1S/C13H23N3S/c1-4-10(5-2)16(3)13-15-12(9-6-7-9)11(8-14)17-13/h9-10H,4-8,14H2,1-3H3. The quantitative estimate of drug-likeness (QED) is 0.847. The molecule has 1 aliphatic carbocycles. The van der Waals surface area contributed by atoms with E-state index in [9.17, 15) is 0 Å². The van der Waals surface area contributed by atoms with Gasteiger partial charge in [0.15, 0.2) is 5.13 Å². The first-order valence-electron chi connectivity index (χ1n) is 6.63. The fourth-order valence-electron chi connectivity index (χ4n) is 2.32. The first-order valence-corrected chi connectivity index (χ1v) is 7.45. The lowest BCUT2D eigenvalue weighted by atomic mass is 10.1. The topological polar surface area (TPSA) is 42.2 Å². The molecule has 96 valence electrons. The molecule has 0 aliphatic heterocycles. The molecule has 0 atom stereocenters. The number of rotatable bonds is 6. The average Bonchev–Trinajstić information content (AvgIpc) is 3.10. The Hall–Kier alpha value is -0.610. The number of nitrogens with two attached hydrogens (primary N) is 1. The Bertz CT molecular complexity index is 367. The van der Waals surface area contributed by atoms with Gasteiger partial charge in [-0.1, -0.05) is 13.8 Å². The molecule has 0 amide bonds. The second kappa shape index (κ2) is 5.36. The second-order valence-corrected chi connectivity index (χ2v) is 5.93. The molecule has 0 spiro atoms. The van der Waals surface area contributed by atoms with Crippen molar-refractivity contribution in [1.29, 1.82) is 0 Å². The third kappa shape index (κ3) is 2.63. The maximum Gasteiger partial charge on any atom is 0.185 e. The fourth-order valence-corrected chi connectivity index (χ4v) is 3.37. The van der Waals surface area contributed by atoms with Crippen molar-refractivity contribution in [3.8, 4) is 0 Å². The molecule has 2 N–H and O–H groups in total. The van der Waals surface area contributed by atoms with E-state index in [0.717, 1.165) is 5.13 Å². The summed E-state index contributed by atoms with van der Waals surface area (Å²) in [6.45, 7) is 5.12. The molecule has 1 aliphatic rings. The van der Waals surface area contributed by atoms with Gasteiger partial charge in [-0.25, -0.2) is 4.98 Å². The Labute approximate surface area is 108 Å². The van der Waals surface area contributed by atoms with Gasteiger partial charge in [-0.3, -0.25) is 0 Å². The third-order valence-electron chi connectivity index (χ3n) is 3.66. The summed E-state index contributed by atoms with van der Waals surface area (Å²) >= 11 is 1.78. The molecule has 0 radical (unpaired) electrons. The lowest BCUT2D eigenvalue weighted by molar-refractivity contribution is 0.590. The van der Waals surface area contributed by atoms with Crippen LogP contribution in [0.2, 0.25) is 0 Å². The highest BCUT2D eigenvalue weighted by atomic mass is 32.1. The van der Waals surface area contributed by atoms with E-state index in [4.69, 9.17) is 10.7 Å². The van der Waals surface area contributed by atoms with E-state index in [-0.39, 0.29) is 0 Å². The van der Waals surface area contributed by atoms with Gasteiger partial charge >= 0.3 is 0 Å². The van der Waals surface area contributed by atoms with Gasteiger partial charge in [0.05, 0.1) is 5.69 Å². The molecule has 0 aromatic carbocycles. The van der Waals surface area contributed by atoms with Crippen LogP contribution in [0.3, 0.4) is 0 Å². The zero-order valence-electron chi connectivity index (χ0n) is 11.1. The molecular formula is C13H23N3S. The summed E-state index contributed by atoms with van der Waals surface area (Å²) in [5, 5.41) is 1.15. The van der Waals surface area contributed by atoms with E-state index < -0.39 is 0 Å². The molecule has 1 heterocycles. The number of thiazole rings is 1. The van der Waals surface area contributed by atoms with Crippen LogP contribution in [0.4, 0.5) is 5.13 Å². The van der Waals surface area contributed by atoms with Gasteiger partial charge in [0.1, 0.15) is 0 Å². The highest BCUT2D eigenvalue weighted by molar-refractivity contribution is 7.15. The van der Waals surface area contributed by atoms with Crippen molar-refractivity contribution >= 4 is 16.5 Å². The van der Waals surface area contributed by atoms with Crippen molar-refractivity contribution in [3.63, 3.8) is 0 Å². The van der Waals surface area contributed by atoms with Crippen molar-refractivity contribution < 1.29 is 0 Å². The molecule has 4 heteroatoms. The molecule has 1 saturated carbocycles. The summed E-state index contributed by atoms with van der Waals surface area (Å²) in [7, 11) is 2.16. The lowest BCUT2D eigenvalue weighted by Gasteiger charge is -2.25. The predicted molar refractivity (Wildman–Crippen MR) is 74.8 cm³/mol. The van der Waals surface area contributed by atoms with Crippen molar-refractivity contribution in [2.75, 3.05) is 11.9 Å². The molecule has 2 rings (SSSR count). The third-order valence-corrected chi connectivity index (χ3v) is 4.84. The van der Waals surface area contributed by atoms with Gasteiger partial charge in [0, 0.05) is 30.4 Å². The van der Waals surface area contributed by atoms with E-state index in [1.165, 1.54) is 36.3 Å². The minimum Gasteiger partial charge on any atom is -0.348 e. The van der Waals surface area contributed by atoms with Gasteiger partial charge in [-0.2, -0.15) is 0 Å². The van der Waals surface area contributed by atoms with Gasteiger partial charge < -0.3 is 10.6 Å². The maximum absolute atomic E-state index is 5.82. The van der Waals surface area contributed by atoms with Gasteiger partial charge in [-0.15, -0.1) is 11.3 Å². The Morgan fingerprint density at radius 3 is 2.53 bits per heavy atom. The summed E-state index contributed by atoms with van der Waals surface area (Å²) in [4.78, 5) is 8.45. The first kappa shape index (κ1) is 12.8. The second-order valence-electron chi connectivity index (χ2n) is 4.86. The van der Waals surface area contributed by atoms with Gasteiger partial charge in [0.2, 0.25) is 0 Å². The van der Waals surface area contributed by atoms with Crippen LogP contribution in [-0.4, -0.2) is 18.1 Å². The van der Waals surface area contributed by atoms with E-state index in [1.54, 1.807) is 11.3 Å². The molecule has 3 nitrogen and oxygen atoms in total. The van der Waals surface area contributed by atoms with Crippen LogP contribution in [0.1, 0.15) is 56.0 Å². The summed E-state index contributed by atoms with van der Waals surface area (Å²) in [6.07, 6.45) is 4.93. The SMILES string of the molecule is CCC(CC)N(C)c1nc(C2CC2)c(CN)s1. The highest BCUT2D eigenvalue weighted by Crippen LogP contribution is 2.44. The summed E-state index contributed by atoms with van der Waals surface area (Å²) < 4.78 is 0. The lowest BCUT2D eigenvalue weighted by Crippen LogP contribution is -2.30. The number of anilines is 1. The zero-order valence-corrected chi connectivity index (χ0v) is 11.9. The molecule has 1 fully saturated rings. The molecule has 17 heavy (non-hydrogen) atoms. The maximum atomic E-state index is 5.82. The van der Waals surface area contributed by atoms with E-state index in [0.29, 0.717) is 18.5 Å². The minimum atomic E-state index is 0.596. The van der Waals surface area contributed by atoms with Crippen molar-refractivity contribution in [1.82, 2.24) is 4.98 Å². The largest absolute Gasteiger partial charge is 0.348 e. The van der Waals surface area contributed by atoms with Crippen LogP contribution in [0.5, 0.6) is 0 Å². The first-order chi connectivity index (χ1) is 8.21. The molecule has 1 aromatic rings. The van der Waals surface area contributed by atoms with Crippen LogP contribution >= 0.6 is 11.3 Å². The Balaban J connectivity index is 2.20. The summed E-state index contributed by atoms with van der Waals surface area (Å²) in [5.41, 5.74) is 7.11. The van der Waals surface area contributed by atoms with Crippen molar-refractivity contribution in [3.05, 3.63) is 10.6 Å². The Morgan fingerprint density at radius 2 is 2.06 bits per heavy atom. The van der Waals surface area contributed by atoms with Crippen molar-refractivity contribution in [2.24, 2.45) is 5.73 Å². The number of nitrogens with zero attached hydrogens (tertiary/aromatic N) is 2. The van der Waals surface area contributed by atoms with E-state index in [2.05, 4.69) is 25.8 Å².